The Balaban J connectivity index is 2.21. The molecular weight excluding hydrogens is 266 g/mol. The van der Waals surface area contributed by atoms with Crippen molar-refractivity contribution in [2.75, 3.05) is 20.1 Å². The van der Waals surface area contributed by atoms with Gasteiger partial charge in [-0.15, -0.1) is 0 Å². The molecule has 1 fully saturated rings. The molecular formula is C16H21N3O2. The first-order chi connectivity index (χ1) is 10.1. The minimum atomic E-state index is -0.881. The number of carboxylic acids is 1. The number of likely N-dealkylation sites (tertiary alicyclic amines) is 1. The number of carbonyl (C=O) groups is 1. The lowest BCUT2D eigenvalue weighted by Crippen LogP contribution is -2.34. The first-order valence-electron chi connectivity index (χ1n) is 7.53. The fourth-order valence-corrected chi connectivity index (χ4v) is 3.36. The average molecular weight is 287 g/mol. The van der Waals surface area contributed by atoms with E-state index < -0.39 is 5.97 Å². The van der Waals surface area contributed by atoms with Crippen LogP contribution in [0, 0.1) is 0 Å². The molecule has 1 aliphatic rings. The maximum absolute atomic E-state index is 11.6. The summed E-state index contributed by atoms with van der Waals surface area (Å²) in [4.78, 5) is 18.5. The third kappa shape index (κ3) is 2.42. The summed E-state index contributed by atoms with van der Waals surface area (Å²) in [5.41, 5.74) is 1.93. The summed E-state index contributed by atoms with van der Waals surface area (Å²) in [5.74, 6) is 0.104. The first-order valence-corrected chi connectivity index (χ1v) is 7.53. The molecule has 112 valence electrons. The lowest BCUT2D eigenvalue weighted by Gasteiger charge is -2.32. The highest BCUT2D eigenvalue weighted by Crippen LogP contribution is 2.29. The van der Waals surface area contributed by atoms with Crippen molar-refractivity contribution in [2.45, 2.75) is 32.2 Å². The molecule has 5 heteroatoms. The minimum absolute atomic E-state index is 0.309. The number of hydrogen-bond donors (Lipinski definition) is 1. The topological polar surface area (TPSA) is 58.4 Å². The average Bonchev–Trinajstić information content (AvgIpc) is 2.85. The van der Waals surface area contributed by atoms with Crippen LogP contribution in [0.1, 0.15) is 42.0 Å². The molecule has 2 heterocycles. The Bertz CT molecular complexity index is 677. The molecule has 1 N–H and O–H groups in total. The van der Waals surface area contributed by atoms with Crippen LogP contribution in [-0.4, -0.2) is 45.7 Å². The molecule has 0 amide bonds. The van der Waals surface area contributed by atoms with Crippen molar-refractivity contribution in [2.24, 2.45) is 0 Å². The molecule has 0 radical (unpaired) electrons. The lowest BCUT2D eigenvalue weighted by molar-refractivity contribution is 0.0698. The summed E-state index contributed by atoms with van der Waals surface area (Å²) in [6.07, 6.45) is 3.03. The molecule has 3 rings (SSSR count). The quantitative estimate of drug-likeness (QED) is 0.942. The SMILES string of the molecule is CCc1nc2cccc(C(=O)O)c2n1C1CCCN(C)C1. The summed E-state index contributed by atoms with van der Waals surface area (Å²) in [5, 5.41) is 9.49. The molecule has 0 bridgehead atoms. The molecule has 0 spiro atoms. The van der Waals surface area contributed by atoms with Crippen molar-refractivity contribution < 1.29 is 9.90 Å². The molecule has 2 aromatic rings. The Morgan fingerprint density at radius 1 is 1.48 bits per heavy atom. The number of aromatic carboxylic acids is 1. The Morgan fingerprint density at radius 3 is 2.95 bits per heavy atom. The number of carboxylic acid groups (broad SMARTS) is 1. The molecule has 1 aromatic carbocycles. The van der Waals surface area contributed by atoms with Crippen molar-refractivity contribution in [3.05, 3.63) is 29.6 Å². The van der Waals surface area contributed by atoms with E-state index in [4.69, 9.17) is 0 Å². The monoisotopic (exact) mass is 287 g/mol. The van der Waals surface area contributed by atoms with Gasteiger partial charge in [0, 0.05) is 19.0 Å². The summed E-state index contributed by atoms with van der Waals surface area (Å²) >= 11 is 0. The van der Waals surface area contributed by atoms with Crippen molar-refractivity contribution in [3.8, 4) is 0 Å². The van der Waals surface area contributed by atoms with Crippen molar-refractivity contribution in [1.82, 2.24) is 14.5 Å². The first kappa shape index (κ1) is 14.1. The molecule has 1 saturated heterocycles. The van der Waals surface area contributed by atoms with Crippen LogP contribution in [0.25, 0.3) is 11.0 Å². The van der Waals surface area contributed by atoms with Crippen molar-refractivity contribution >= 4 is 17.0 Å². The fourth-order valence-electron chi connectivity index (χ4n) is 3.36. The number of imidazole rings is 1. The Labute approximate surface area is 124 Å². The van der Waals surface area contributed by atoms with Crippen LogP contribution in [-0.2, 0) is 6.42 Å². The molecule has 1 aromatic heterocycles. The number of rotatable bonds is 3. The molecule has 0 saturated carbocycles. The van der Waals surface area contributed by atoms with Gasteiger partial charge < -0.3 is 14.6 Å². The van der Waals surface area contributed by atoms with Crippen LogP contribution in [0.4, 0.5) is 0 Å². The summed E-state index contributed by atoms with van der Waals surface area (Å²) in [6, 6.07) is 5.66. The number of nitrogens with zero attached hydrogens (tertiary/aromatic N) is 3. The van der Waals surface area contributed by atoms with E-state index in [-0.39, 0.29) is 0 Å². The van der Waals surface area contributed by atoms with Gasteiger partial charge in [-0.1, -0.05) is 13.0 Å². The highest BCUT2D eigenvalue weighted by atomic mass is 16.4. The van der Waals surface area contributed by atoms with Crippen LogP contribution in [0.5, 0.6) is 0 Å². The normalized spacial score (nSPS) is 20.0. The zero-order chi connectivity index (χ0) is 15.0. The summed E-state index contributed by atoms with van der Waals surface area (Å²) in [6.45, 7) is 4.13. The number of benzene rings is 1. The molecule has 21 heavy (non-hydrogen) atoms. The Morgan fingerprint density at radius 2 is 2.29 bits per heavy atom. The van der Waals surface area contributed by atoms with E-state index in [0.717, 1.165) is 49.2 Å². The van der Waals surface area contributed by atoms with E-state index in [2.05, 4.69) is 28.4 Å². The van der Waals surface area contributed by atoms with E-state index >= 15 is 0 Å². The summed E-state index contributed by atoms with van der Waals surface area (Å²) < 4.78 is 2.18. The zero-order valence-corrected chi connectivity index (χ0v) is 12.5. The van der Waals surface area contributed by atoms with Crippen LogP contribution in [0.15, 0.2) is 18.2 Å². The van der Waals surface area contributed by atoms with Gasteiger partial charge in [0.2, 0.25) is 0 Å². The molecule has 1 atom stereocenters. The molecule has 1 unspecified atom stereocenters. The van der Waals surface area contributed by atoms with Crippen LogP contribution in [0.3, 0.4) is 0 Å². The number of likely N-dealkylation sites (N-methyl/N-ethyl adjacent to an activating group) is 1. The van der Waals surface area contributed by atoms with E-state index in [1.54, 1.807) is 12.1 Å². The highest BCUT2D eigenvalue weighted by molar-refractivity contribution is 6.01. The van der Waals surface area contributed by atoms with Gasteiger partial charge >= 0.3 is 5.97 Å². The van der Waals surface area contributed by atoms with E-state index in [9.17, 15) is 9.90 Å². The maximum Gasteiger partial charge on any atom is 0.337 e. The van der Waals surface area contributed by atoms with Gasteiger partial charge in [-0.25, -0.2) is 9.78 Å². The Kier molecular flexibility index (Phi) is 3.68. The van der Waals surface area contributed by atoms with E-state index in [0.29, 0.717) is 11.6 Å². The van der Waals surface area contributed by atoms with E-state index in [1.165, 1.54) is 0 Å². The number of para-hydroxylation sites is 1. The van der Waals surface area contributed by atoms with E-state index in [1.807, 2.05) is 6.07 Å². The van der Waals surface area contributed by atoms with Gasteiger partial charge in [0.1, 0.15) is 5.82 Å². The fraction of sp³-hybridized carbons (Fsp3) is 0.500. The van der Waals surface area contributed by atoms with Gasteiger partial charge in [0.05, 0.1) is 16.6 Å². The third-order valence-corrected chi connectivity index (χ3v) is 4.29. The standard InChI is InChI=1S/C16H21N3O2/c1-3-14-17-13-8-4-7-12(16(20)21)15(13)19(14)11-6-5-9-18(2)10-11/h4,7-8,11H,3,5-6,9-10H2,1-2H3,(H,20,21). The van der Waals surface area contributed by atoms with Gasteiger partial charge in [-0.05, 0) is 38.6 Å². The number of aryl methyl sites for hydroxylation is 1. The second kappa shape index (κ2) is 5.48. The minimum Gasteiger partial charge on any atom is -0.478 e. The number of hydrogen-bond acceptors (Lipinski definition) is 3. The summed E-state index contributed by atoms with van der Waals surface area (Å²) in [7, 11) is 2.12. The van der Waals surface area contributed by atoms with Gasteiger partial charge in [-0.2, -0.15) is 0 Å². The third-order valence-electron chi connectivity index (χ3n) is 4.29. The van der Waals surface area contributed by atoms with Crippen LogP contribution in [0.2, 0.25) is 0 Å². The second-order valence-corrected chi connectivity index (χ2v) is 5.79. The molecule has 1 aliphatic heterocycles. The lowest BCUT2D eigenvalue weighted by atomic mass is 10.0. The zero-order valence-electron chi connectivity index (χ0n) is 12.5. The Hall–Kier alpha value is -1.88. The van der Waals surface area contributed by atoms with Crippen LogP contribution >= 0.6 is 0 Å². The predicted octanol–water partition coefficient (Wildman–Crippen LogP) is 2.56. The highest BCUT2D eigenvalue weighted by Gasteiger charge is 2.25. The molecule has 5 nitrogen and oxygen atoms in total. The van der Waals surface area contributed by atoms with Crippen molar-refractivity contribution in [1.29, 1.82) is 0 Å². The maximum atomic E-state index is 11.6. The second-order valence-electron chi connectivity index (χ2n) is 5.79. The number of fused-ring (bicyclic) bond motifs is 1. The van der Waals surface area contributed by atoms with Crippen molar-refractivity contribution in [3.63, 3.8) is 0 Å². The number of piperidine rings is 1. The van der Waals surface area contributed by atoms with Gasteiger partial charge in [0.15, 0.2) is 0 Å². The van der Waals surface area contributed by atoms with Gasteiger partial charge in [-0.3, -0.25) is 0 Å². The largest absolute Gasteiger partial charge is 0.478 e. The smallest absolute Gasteiger partial charge is 0.337 e. The van der Waals surface area contributed by atoms with Gasteiger partial charge in [0.25, 0.3) is 0 Å². The predicted molar refractivity (Wildman–Crippen MR) is 81.8 cm³/mol. The van der Waals surface area contributed by atoms with Crippen LogP contribution < -0.4 is 0 Å². The number of aromatic nitrogens is 2. The molecule has 0 aliphatic carbocycles.